The molecule has 1 aliphatic rings. The molecule has 3 rings (SSSR count). The molecule has 1 heterocycles. The molecule has 112 valence electrons. The molecule has 3 atom stereocenters. The van der Waals surface area contributed by atoms with Crippen LogP contribution in [-0.2, 0) is 15.5 Å². The third kappa shape index (κ3) is 3.70. The first kappa shape index (κ1) is 14.7. The highest BCUT2D eigenvalue weighted by atomic mass is 32.2. The number of ether oxygens (including phenoxy) is 1. The second kappa shape index (κ2) is 6.69. The molecule has 1 aliphatic heterocycles. The van der Waals surface area contributed by atoms with Crippen LogP contribution in [0.15, 0.2) is 42.5 Å². The molecule has 0 aliphatic carbocycles. The minimum Gasteiger partial charge on any atom is -0.377 e. The summed E-state index contributed by atoms with van der Waals surface area (Å²) in [6.07, 6.45) is 2.27. The summed E-state index contributed by atoms with van der Waals surface area (Å²) in [6, 6.07) is 14.2. The van der Waals surface area contributed by atoms with Gasteiger partial charge in [-0.05, 0) is 35.2 Å². The molecule has 1 saturated heterocycles. The van der Waals surface area contributed by atoms with E-state index in [0.29, 0.717) is 11.5 Å². The lowest BCUT2D eigenvalue weighted by Crippen LogP contribution is -2.24. The quantitative estimate of drug-likeness (QED) is 0.924. The lowest BCUT2D eigenvalue weighted by Gasteiger charge is -2.14. The maximum Gasteiger partial charge on any atom is 0.0691 e. The molecule has 0 saturated carbocycles. The number of hydrogen-bond donors (Lipinski definition) is 1. The number of nitrogens with two attached hydrogens (primary N) is 1. The van der Waals surface area contributed by atoms with E-state index in [0.717, 1.165) is 25.0 Å². The van der Waals surface area contributed by atoms with E-state index in [9.17, 15) is 4.21 Å². The van der Waals surface area contributed by atoms with Crippen molar-refractivity contribution in [2.75, 3.05) is 18.1 Å². The highest BCUT2D eigenvalue weighted by molar-refractivity contribution is 7.85. The van der Waals surface area contributed by atoms with Crippen LogP contribution in [0, 0.1) is 0 Å². The highest BCUT2D eigenvalue weighted by Crippen LogP contribution is 2.20. The van der Waals surface area contributed by atoms with Crippen LogP contribution in [0.2, 0.25) is 0 Å². The first-order valence-electron chi connectivity index (χ1n) is 7.43. The second-order valence-electron chi connectivity index (χ2n) is 5.62. The maximum absolute atomic E-state index is 12.2. The van der Waals surface area contributed by atoms with Crippen LogP contribution in [0.3, 0.4) is 0 Å². The van der Waals surface area contributed by atoms with Gasteiger partial charge in [-0.3, -0.25) is 4.21 Å². The molecule has 1 fully saturated rings. The van der Waals surface area contributed by atoms with E-state index in [1.54, 1.807) is 0 Å². The van der Waals surface area contributed by atoms with E-state index in [1.807, 2.05) is 18.2 Å². The van der Waals surface area contributed by atoms with Gasteiger partial charge in [0.2, 0.25) is 0 Å². The van der Waals surface area contributed by atoms with Crippen molar-refractivity contribution in [1.29, 1.82) is 0 Å². The molecule has 21 heavy (non-hydrogen) atoms. The Hall–Kier alpha value is -1.23. The number of benzene rings is 2. The zero-order valence-electron chi connectivity index (χ0n) is 12.0. The van der Waals surface area contributed by atoms with Gasteiger partial charge in [0.05, 0.1) is 6.10 Å². The number of rotatable bonds is 5. The van der Waals surface area contributed by atoms with Crippen molar-refractivity contribution < 1.29 is 8.95 Å². The van der Waals surface area contributed by atoms with Crippen molar-refractivity contribution >= 4 is 21.6 Å². The van der Waals surface area contributed by atoms with Gasteiger partial charge in [0.25, 0.3) is 0 Å². The summed E-state index contributed by atoms with van der Waals surface area (Å²) < 4.78 is 17.7. The zero-order chi connectivity index (χ0) is 14.7. The molecule has 4 heteroatoms. The third-order valence-electron chi connectivity index (χ3n) is 3.96. The number of hydrogen-bond acceptors (Lipinski definition) is 3. The van der Waals surface area contributed by atoms with Crippen molar-refractivity contribution in [3.8, 4) is 0 Å². The van der Waals surface area contributed by atoms with Crippen LogP contribution in [0.5, 0.6) is 0 Å². The van der Waals surface area contributed by atoms with Crippen molar-refractivity contribution in [2.45, 2.75) is 25.0 Å². The summed E-state index contributed by atoms with van der Waals surface area (Å²) in [5, 5.41) is 2.38. The summed E-state index contributed by atoms with van der Waals surface area (Å²) in [6.45, 7) is 0.804. The van der Waals surface area contributed by atoms with Crippen LogP contribution < -0.4 is 5.73 Å². The van der Waals surface area contributed by atoms with Crippen LogP contribution in [0.4, 0.5) is 0 Å². The normalized spacial score (nSPS) is 21.5. The largest absolute Gasteiger partial charge is 0.377 e. The van der Waals surface area contributed by atoms with E-state index in [-0.39, 0.29) is 12.1 Å². The Morgan fingerprint density at radius 2 is 2.05 bits per heavy atom. The summed E-state index contributed by atoms with van der Waals surface area (Å²) in [7, 11) is -0.924. The molecule has 2 aromatic carbocycles. The molecular formula is C17H21NO2S. The smallest absolute Gasteiger partial charge is 0.0691 e. The first-order chi connectivity index (χ1) is 10.2. The molecule has 2 N–H and O–H groups in total. The standard InChI is InChI=1S/C17H21NO2S/c18-17(12-21(19)11-16-6-3-9-20-16)15-8-7-13-4-1-2-5-14(13)10-15/h1-2,4-5,7-8,10,16-17H,3,6,9,11-12,18H2. The van der Waals surface area contributed by atoms with E-state index < -0.39 is 10.8 Å². The van der Waals surface area contributed by atoms with E-state index in [4.69, 9.17) is 10.5 Å². The fourth-order valence-electron chi connectivity index (χ4n) is 2.79. The van der Waals surface area contributed by atoms with E-state index in [2.05, 4.69) is 24.3 Å². The van der Waals surface area contributed by atoms with Crippen molar-refractivity contribution in [3.63, 3.8) is 0 Å². The van der Waals surface area contributed by atoms with Crippen molar-refractivity contribution in [1.82, 2.24) is 0 Å². The van der Waals surface area contributed by atoms with Crippen LogP contribution in [0.1, 0.15) is 24.4 Å². The van der Waals surface area contributed by atoms with Gasteiger partial charge in [-0.15, -0.1) is 0 Å². The van der Waals surface area contributed by atoms with Crippen molar-refractivity contribution in [3.05, 3.63) is 48.0 Å². The van der Waals surface area contributed by atoms with Crippen LogP contribution >= 0.6 is 0 Å². The molecule has 3 unspecified atom stereocenters. The van der Waals surface area contributed by atoms with Gasteiger partial charge in [0, 0.05) is 35.0 Å². The predicted molar refractivity (Wildman–Crippen MR) is 87.7 cm³/mol. The Morgan fingerprint density at radius 3 is 2.81 bits per heavy atom. The molecule has 0 aromatic heterocycles. The maximum atomic E-state index is 12.2. The number of fused-ring (bicyclic) bond motifs is 1. The second-order valence-corrected chi connectivity index (χ2v) is 7.17. The average molecular weight is 303 g/mol. The van der Waals surface area contributed by atoms with Crippen LogP contribution in [-0.4, -0.2) is 28.4 Å². The van der Waals surface area contributed by atoms with Gasteiger partial charge in [-0.25, -0.2) is 0 Å². The third-order valence-corrected chi connectivity index (χ3v) is 5.44. The molecule has 2 aromatic rings. The topological polar surface area (TPSA) is 52.3 Å². The average Bonchev–Trinajstić information content (AvgIpc) is 2.99. The van der Waals surface area contributed by atoms with E-state index in [1.165, 1.54) is 10.8 Å². The SMILES string of the molecule is NC(CS(=O)CC1CCCO1)c1ccc2ccccc2c1. The van der Waals surface area contributed by atoms with Gasteiger partial charge in [-0.2, -0.15) is 0 Å². The molecule has 0 bridgehead atoms. The lowest BCUT2D eigenvalue weighted by atomic mass is 10.0. The van der Waals surface area contributed by atoms with E-state index >= 15 is 0 Å². The fraction of sp³-hybridized carbons (Fsp3) is 0.412. The van der Waals surface area contributed by atoms with Gasteiger partial charge >= 0.3 is 0 Å². The van der Waals surface area contributed by atoms with Crippen molar-refractivity contribution in [2.24, 2.45) is 5.73 Å². The molecule has 0 radical (unpaired) electrons. The Balaban J connectivity index is 1.65. The monoisotopic (exact) mass is 303 g/mol. The Kier molecular flexibility index (Phi) is 4.68. The minimum atomic E-state index is -0.924. The molecule has 0 spiro atoms. The summed E-state index contributed by atoms with van der Waals surface area (Å²) in [5.41, 5.74) is 7.28. The van der Waals surface area contributed by atoms with Gasteiger partial charge in [0.15, 0.2) is 0 Å². The van der Waals surface area contributed by atoms with Crippen LogP contribution in [0.25, 0.3) is 10.8 Å². The fourth-order valence-corrected chi connectivity index (χ4v) is 4.19. The Morgan fingerprint density at radius 1 is 1.24 bits per heavy atom. The molecule has 3 nitrogen and oxygen atoms in total. The minimum absolute atomic E-state index is 0.162. The molecule has 0 amide bonds. The lowest BCUT2D eigenvalue weighted by molar-refractivity contribution is 0.128. The van der Waals surface area contributed by atoms with Gasteiger partial charge in [-0.1, -0.05) is 36.4 Å². The van der Waals surface area contributed by atoms with Gasteiger partial charge < -0.3 is 10.5 Å². The first-order valence-corrected chi connectivity index (χ1v) is 8.92. The zero-order valence-corrected chi connectivity index (χ0v) is 12.9. The summed E-state index contributed by atoms with van der Waals surface area (Å²) in [4.78, 5) is 0. The molecular weight excluding hydrogens is 282 g/mol. The summed E-state index contributed by atoms with van der Waals surface area (Å²) in [5.74, 6) is 1.11. The Labute approximate surface area is 127 Å². The van der Waals surface area contributed by atoms with Gasteiger partial charge in [0.1, 0.15) is 0 Å². The summed E-state index contributed by atoms with van der Waals surface area (Å²) >= 11 is 0. The Bertz CT molecular complexity index is 637. The predicted octanol–water partition coefficient (Wildman–Crippen LogP) is 2.77. The highest BCUT2D eigenvalue weighted by Gasteiger charge is 2.20.